The van der Waals surface area contributed by atoms with Crippen molar-refractivity contribution in [3.63, 3.8) is 0 Å². The summed E-state index contributed by atoms with van der Waals surface area (Å²) in [6.07, 6.45) is 0. The zero-order chi connectivity index (χ0) is 14.6. The van der Waals surface area contributed by atoms with Gasteiger partial charge in [-0.25, -0.2) is 0 Å². The average Bonchev–Trinajstić information content (AvgIpc) is 2.26. The fourth-order valence-corrected chi connectivity index (χ4v) is 2.18. The van der Waals surface area contributed by atoms with E-state index in [1.165, 1.54) is 0 Å². The lowest BCUT2D eigenvalue weighted by Crippen LogP contribution is -2.43. The zero-order valence-electron chi connectivity index (χ0n) is 11.7. The lowest BCUT2D eigenvalue weighted by Gasteiger charge is -2.34. The van der Waals surface area contributed by atoms with Crippen LogP contribution in [0.3, 0.4) is 0 Å². The third-order valence-electron chi connectivity index (χ3n) is 2.88. The number of carboxylic acid groups (broad SMARTS) is 1. The van der Waals surface area contributed by atoms with Gasteiger partial charge in [0.15, 0.2) is 0 Å². The molecule has 1 aromatic rings. The minimum absolute atomic E-state index is 0.000826. The van der Waals surface area contributed by atoms with Crippen LogP contribution in [0, 0.1) is 0 Å². The van der Waals surface area contributed by atoms with Crippen molar-refractivity contribution in [1.82, 2.24) is 4.90 Å². The van der Waals surface area contributed by atoms with Crippen LogP contribution in [0.5, 0.6) is 5.75 Å². The van der Waals surface area contributed by atoms with E-state index in [9.17, 15) is 4.79 Å². The molecule has 0 aliphatic heterocycles. The van der Waals surface area contributed by atoms with E-state index in [1.807, 2.05) is 43.9 Å². The van der Waals surface area contributed by atoms with Gasteiger partial charge in [-0.05, 0) is 39.0 Å². The number of rotatable bonds is 5. The highest BCUT2D eigenvalue weighted by Crippen LogP contribution is 2.26. The Labute approximate surface area is 122 Å². The highest BCUT2D eigenvalue weighted by molar-refractivity contribution is 9.10. The number of carbonyl (C=O) groups is 1. The fourth-order valence-electron chi connectivity index (χ4n) is 1.77. The normalized spacial score (nSPS) is 11.7. The summed E-state index contributed by atoms with van der Waals surface area (Å²) in [6, 6.07) is 5.74. The Morgan fingerprint density at radius 1 is 1.42 bits per heavy atom. The highest BCUT2D eigenvalue weighted by Gasteiger charge is 2.24. The van der Waals surface area contributed by atoms with E-state index in [0.29, 0.717) is 6.54 Å². The molecule has 1 N–H and O–H groups in total. The van der Waals surface area contributed by atoms with Gasteiger partial charge in [-0.1, -0.05) is 15.9 Å². The number of methoxy groups -OCH3 is 1. The van der Waals surface area contributed by atoms with Crippen molar-refractivity contribution in [1.29, 1.82) is 0 Å². The number of carboxylic acids is 1. The molecule has 0 atom stereocenters. The summed E-state index contributed by atoms with van der Waals surface area (Å²) in [6.45, 7) is 6.53. The van der Waals surface area contributed by atoms with E-state index in [0.717, 1.165) is 15.8 Å². The first-order chi connectivity index (χ1) is 8.74. The van der Waals surface area contributed by atoms with E-state index < -0.39 is 5.97 Å². The third-order valence-corrected chi connectivity index (χ3v) is 3.37. The first-order valence-electron chi connectivity index (χ1n) is 6.03. The van der Waals surface area contributed by atoms with E-state index >= 15 is 0 Å². The van der Waals surface area contributed by atoms with Gasteiger partial charge in [0.25, 0.3) is 0 Å². The second-order valence-corrected chi connectivity index (χ2v) is 6.29. The van der Waals surface area contributed by atoms with Gasteiger partial charge in [-0.3, -0.25) is 9.69 Å². The molecule has 0 unspecified atom stereocenters. The zero-order valence-corrected chi connectivity index (χ0v) is 13.3. The molecule has 0 saturated carbocycles. The molecule has 0 aliphatic carbocycles. The van der Waals surface area contributed by atoms with Crippen LogP contribution >= 0.6 is 15.9 Å². The molecule has 0 fully saturated rings. The van der Waals surface area contributed by atoms with Gasteiger partial charge in [0.1, 0.15) is 5.75 Å². The maximum absolute atomic E-state index is 11.0. The van der Waals surface area contributed by atoms with Crippen molar-refractivity contribution >= 4 is 21.9 Å². The molecule has 1 rings (SSSR count). The summed E-state index contributed by atoms with van der Waals surface area (Å²) in [5.74, 6) is -0.0632. The van der Waals surface area contributed by atoms with E-state index in [4.69, 9.17) is 9.84 Å². The standard InChI is InChI=1S/C14H20BrNO3/c1-14(2,3)16(9-13(17)18)8-10-7-11(15)5-6-12(10)19-4/h5-7H,8-9H2,1-4H3,(H,17,18). The molecule has 19 heavy (non-hydrogen) atoms. The van der Waals surface area contributed by atoms with E-state index in [1.54, 1.807) is 7.11 Å². The average molecular weight is 330 g/mol. The molecule has 0 saturated heterocycles. The van der Waals surface area contributed by atoms with Gasteiger partial charge in [0, 0.05) is 22.1 Å². The summed E-state index contributed by atoms with van der Waals surface area (Å²) >= 11 is 3.43. The van der Waals surface area contributed by atoms with E-state index in [-0.39, 0.29) is 12.1 Å². The molecule has 5 heteroatoms. The first-order valence-corrected chi connectivity index (χ1v) is 6.82. The van der Waals surface area contributed by atoms with Gasteiger partial charge in [-0.2, -0.15) is 0 Å². The van der Waals surface area contributed by atoms with Crippen LogP contribution in [0.2, 0.25) is 0 Å². The molecule has 0 spiro atoms. The largest absolute Gasteiger partial charge is 0.496 e. The van der Waals surface area contributed by atoms with Crippen molar-refractivity contribution < 1.29 is 14.6 Å². The topological polar surface area (TPSA) is 49.8 Å². The number of aliphatic carboxylic acids is 1. The Hall–Kier alpha value is -1.07. The Morgan fingerprint density at radius 3 is 2.53 bits per heavy atom. The van der Waals surface area contributed by atoms with E-state index in [2.05, 4.69) is 15.9 Å². The predicted molar refractivity (Wildman–Crippen MR) is 78.5 cm³/mol. The molecule has 0 bridgehead atoms. The summed E-state index contributed by atoms with van der Waals surface area (Å²) in [4.78, 5) is 12.9. The van der Waals surface area contributed by atoms with Crippen LogP contribution in [0.25, 0.3) is 0 Å². The Bertz CT molecular complexity index is 454. The number of hydrogen-bond donors (Lipinski definition) is 1. The number of halogens is 1. The van der Waals surface area contributed by atoms with Crippen molar-refractivity contribution in [3.8, 4) is 5.75 Å². The maximum atomic E-state index is 11.0. The number of ether oxygens (including phenoxy) is 1. The van der Waals surface area contributed by atoms with Crippen LogP contribution in [0.4, 0.5) is 0 Å². The van der Waals surface area contributed by atoms with Crippen molar-refractivity contribution in [2.75, 3.05) is 13.7 Å². The van der Waals surface area contributed by atoms with Gasteiger partial charge < -0.3 is 9.84 Å². The Morgan fingerprint density at radius 2 is 2.05 bits per heavy atom. The highest BCUT2D eigenvalue weighted by atomic mass is 79.9. The van der Waals surface area contributed by atoms with Gasteiger partial charge in [-0.15, -0.1) is 0 Å². The number of nitrogens with zero attached hydrogens (tertiary/aromatic N) is 1. The summed E-state index contributed by atoms with van der Waals surface area (Å²) in [5, 5.41) is 9.02. The van der Waals surface area contributed by atoms with Gasteiger partial charge in [0.05, 0.1) is 13.7 Å². The van der Waals surface area contributed by atoms with Crippen molar-refractivity contribution in [2.24, 2.45) is 0 Å². The van der Waals surface area contributed by atoms with Gasteiger partial charge >= 0.3 is 5.97 Å². The van der Waals surface area contributed by atoms with Gasteiger partial charge in [0.2, 0.25) is 0 Å². The molecule has 0 aliphatic rings. The molecule has 0 amide bonds. The number of hydrogen-bond acceptors (Lipinski definition) is 3. The van der Waals surface area contributed by atoms with Crippen LogP contribution in [-0.2, 0) is 11.3 Å². The summed E-state index contributed by atoms with van der Waals surface area (Å²) in [7, 11) is 1.62. The molecular formula is C14H20BrNO3. The molecule has 0 radical (unpaired) electrons. The molecule has 106 valence electrons. The number of benzene rings is 1. The molecule has 0 aromatic heterocycles. The Kier molecular flexibility index (Phi) is 5.38. The second-order valence-electron chi connectivity index (χ2n) is 5.38. The summed E-state index contributed by atoms with van der Waals surface area (Å²) in [5.41, 5.74) is 0.735. The van der Waals surface area contributed by atoms with Crippen LogP contribution in [-0.4, -0.2) is 35.2 Å². The molecular weight excluding hydrogens is 310 g/mol. The molecule has 4 nitrogen and oxygen atoms in total. The van der Waals surface area contributed by atoms with Crippen LogP contribution in [0.15, 0.2) is 22.7 Å². The second kappa shape index (κ2) is 6.39. The lowest BCUT2D eigenvalue weighted by atomic mass is 10.0. The lowest BCUT2D eigenvalue weighted by molar-refractivity contribution is -0.139. The van der Waals surface area contributed by atoms with Crippen LogP contribution < -0.4 is 4.74 Å². The predicted octanol–water partition coefficient (Wildman–Crippen LogP) is 3.14. The molecule has 1 aromatic carbocycles. The Balaban J connectivity index is 3.02. The quantitative estimate of drug-likeness (QED) is 0.901. The SMILES string of the molecule is COc1ccc(Br)cc1CN(CC(=O)O)C(C)(C)C. The maximum Gasteiger partial charge on any atom is 0.317 e. The fraction of sp³-hybridized carbons (Fsp3) is 0.500. The molecule has 0 heterocycles. The van der Waals surface area contributed by atoms with Crippen molar-refractivity contribution in [2.45, 2.75) is 32.9 Å². The minimum atomic E-state index is -0.830. The third kappa shape index (κ3) is 4.84. The minimum Gasteiger partial charge on any atom is -0.496 e. The van der Waals surface area contributed by atoms with Crippen LogP contribution in [0.1, 0.15) is 26.3 Å². The smallest absolute Gasteiger partial charge is 0.317 e. The summed E-state index contributed by atoms with van der Waals surface area (Å²) < 4.78 is 6.28. The monoisotopic (exact) mass is 329 g/mol. The van der Waals surface area contributed by atoms with Crippen molar-refractivity contribution in [3.05, 3.63) is 28.2 Å². The first kappa shape index (κ1) is 16.0.